The third-order valence-corrected chi connectivity index (χ3v) is 5.50. The predicted molar refractivity (Wildman–Crippen MR) is 112 cm³/mol. The first-order chi connectivity index (χ1) is 13.6. The van der Waals surface area contributed by atoms with Gasteiger partial charge >= 0.3 is 0 Å². The molecule has 4 rings (SSSR count). The summed E-state index contributed by atoms with van der Waals surface area (Å²) in [6.07, 6.45) is 2.70. The number of amides is 1. The summed E-state index contributed by atoms with van der Waals surface area (Å²) in [5.41, 5.74) is 3.49. The van der Waals surface area contributed by atoms with Crippen LogP contribution in [0.15, 0.2) is 60.8 Å². The van der Waals surface area contributed by atoms with Crippen LogP contribution in [0, 0.1) is 12.8 Å². The van der Waals surface area contributed by atoms with Crippen LogP contribution in [0.25, 0.3) is 5.69 Å². The molecule has 2 heterocycles. The maximum Gasteiger partial charge on any atom is 0.254 e. The highest BCUT2D eigenvalue weighted by atomic mass is 35.5. The van der Waals surface area contributed by atoms with E-state index in [2.05, 4.69) is 39.6 Å². The molecule has 1 aromatic heterocycles. The topological polar surface area (TPSA) is 50.2 Å². The normalized spacial score (nSPS) is 16.4. The van der Waals surface area contributed by atoms with Gasteiger partial charge in [0.15, 0.2) is 0 Å². The largest absolute Gasteiger partial charge is 0.371 e. The van der Waals surface area contributed by atoms with Gasteiger partial charge < -0.3 is 10.2 Å². The Hall–Kier alpha value is -2.79. The molecule has 1 N–H and O–H groups in total. The number of anilines is 1. The molecule has 1 saturated heterocycles. The van der Waals surface area contributed by atoms with Crippen LogP contribution in [-0.4, -0.2) is 35.3 Å². The second-order valence-corrected chi connectivity index (χ2v) is 7.62. The molecule has 1 unspecified atom stereocenters. The lowest BCUT2D eigenvalue weighted by Crippen LogP contribution is -2.31. The number of carbonyl (C=O) groups excluding carboxylic acids is 1. The summed E-state index contributed by atoms with van der Waals surface area (Å²) in [6, 6.07) is 17.9. The van der Waals surface area contributed by atoms with Crippen LogP contribution in [0.4, 0.5) is 5.69 Å². The zero-order valence-electron chi connectivity index (χ0n) is 15.8. The molecular weight excluding hydrogens is 372 g/mol. The van der Waals surface area contributed by atoms with E-state index in [1.165, 1.54) is 5.69 Å². The molecule has 0 bridgehead atoms. The number of halogens is 1. The Bertz CT molecular complexity index is 970. The highest BCUT2D eigenvalue weighted by Crippen LogP contribution is 2.23. The van der Waals surface area contributed by atoms with E-state index < -0.39 is 0 Å². The van der Waals surface area contributed by atoms with Gasteiger partial charge in [0.25, 0.3) is 5.91 Å². The van der Waals surface area contributed by atoms with Gasteiger partial charge in [0, 0.05) is 30.3 Å². The quantitative estimate of drug-likeness (QED) is 0.709. The number of benzene rings is 2. The summed E-state index contributed by atoms with van der Waals surface area (Å²) < 4.78 is 1.74. The van der Waals surface area contributed by atoms with Crippen LogP contribution < -0.4 is 10.2 Å². The Kier molecular flexibility index (Phi) is 5.35. The van der Waals surface area contributed by atoms with Crippen molar-refractivity contribution < 1.29 is 4.79 Å². The van der Waals surface area contributed by atoms with Crippen molar-refractivity contribution in [2.45, 2.75) is 13.3 Å². The van der Waals surface area contributed by atoms with Crippen molar-refractivity contribution in [1.29, 1.82) is 0 Å². The van der Waals surface area contributed by atoms with E-state index in [1.807, 2.05) is 37.3 Å². The minimum Gasteiger partial charge on any atom is -0.371 e. The number of rotatable bonds is 5. The zero-order chi connectivity index (χ0) is 19.5. The lowest BCUT2D eigenvalue weighted by Gasteiger charge is -2.18. The van der Waals surface area contributed by atoms with Gasteiger partial charge in [-0.3, -0.25) is 4.79 Å². The van der Waals surface area contributed by atoms with Crippen molar-refractivity contribution in [3.05, 3.63) is 77.1 Å². The molecule has 1 aliphatic heterocycles. The lowest BCUT2D eigenvalue weighted by atomic mass is 10.1. The second kappa shape index (κ2) is 8.07. The molecule has 2 aromatic carbocycles. The van der Waals surface area contributed by atoms with Crippen molar-refractivity contribution in [1.82, 2.24) is 15.1 Å². The fourth-order valence-corrected chi connectivity index (χ4v) is 3.89. The predicted octanol–water partition coefficient (Wildman–Crippen LogP) is 4.09. The van der Waals surface area contributed by atoms with Crippen LogP contribution in [0.5, 0.6) is 0 Å². The van der Waals surface area contributed by atoms with Crippen molar-refractivity contribution in [2.75, 3.05) is 24.5 Å². The van der Waals surface area contributed by atoms with Gasteiger partial charge in [0.1, 0.15) is 0 Å². The van der Waals surface area contributed by atoms with Gasteiger partial charge in [0.2, 0.25) is 0 Å². The van der Waals surface area contributed by atoms with Crippen molar-refractivity contribution in [3.8, 4) is 5.69 Å². The number of nitrogens with one attached hydrogen (secondary N) is 1. The standard InChI is InChI=1S/C22H23ClN4O/c1-16-21(14-25-27(16)20-9-5-6-18(23)12-20)22(28)24-13-17-10-11-26(15-17)19-7-3-2-4-8-19/h2-9,12,14,17H,10-11,13,15H2,1H3,(H,24,28). The molecule has 3 aromatic rings. The number of aromatic nitrogens is 2. The fourth-order valence-electron chi connectivity index (χ4n) is 3.71. The summed E-state index contributed by atoms with van der Waals surface area (Å²) in [7, 11) is 0. The van der Waals surface area contributed by atoms with Crippen molar-refractivity contribution in [2.24, 2.45) is 5.92 Å². The SMILES string of the molecule is Cc1c(C(=O)NCC2CCN(c3ccccc3)C2)cnn1-c1cccc(Cl)c1. The summed E-state index contributed by atoms with van der Waals surface area (Å²) >= 11 is 6.07. The van der Waals surface area contributed by atoms with Crippen LogP contribution in [0.3, 0.4) is 0 Å². The zero-order valence-corrected chi connectivity index (χ0v) is 16.6. The molecule has 0 radical (unpaired) electrons. The van der Waals surface area contributed by atoms with E-state index in [9.17, 15) is 4.79 Å². The van der Waals surface area contributed by atoms with Gasteiger partial charge in [-0.15, -0.1) is 0 Å². The smallest absolute Gasteiger partial charge is 0.254 e. The van der Waals surface area contributed by atoms with Crippen LogP contribution in [0.2, 0.25) is 5.02 Å². The maximum atomic E-state index is 12.7. The maximum absolute atomic E-state index is 12.7. The molecule has 1 fully saturated rings. The monoisotopic (exact) mass is 394 g/mol. The van der Waals surface area contributed by atoms with E-state index in [0.717, 1.165) is 30.9 Å². The van der Waals surface area contributed by atoms with E-state index in [1.54, 1.807) is 10.9 Å². The number of hydrogen-bond donors (Lipinski definition) is 1. The summed E-state index contributed by atoms with van der Waals surface area (Å²) in [6.45, 7) is 4.56. The van der Waals surface area contributed by atoms with E-state index in [-0.39, 0.29) is 5.91 Å². The minimum atomic E-state index is -0.0797. The molecule has 144 valence electrons. The highest BCUT2D eigenvalue weighted by Gasteiger charge is 2.24. The number of nitrogens with zero attached hydrogens (tertiary/aromatic N) is 3. The Labute approximate surface area is 169 Å². The average molecular weight is 395 g/mol. The number of carbonyl (C=O) groups is 1. The van der Waals surface area contributed by atoms with Crippen molar-refractivity contribution in [3.63, 3.8) is 0 Å². The van der Waals surface area contributed by atoms with Gasteiger partial charge in [-0.1, -0.05) is 35.9 Å². The first-order valence-corrected chi connectivity index (χ1v) is 9.88. The third kappa shape index (κ3) is 3.90. The molecule has 0 saturated carbocycles. The van der Waals surface area contributed by atoms with Crippen LogP contribution in [0.1, 0.15) is 22.5 Å². The molecule has 28 heavy (non-hydrogen) atoms. The molecule has 1 atom stereocenters. The molecule has 1 aliphatic rings. The fraction of sp³-hybridized carbons (Fsp3) is 0.273. The molecule has 1 amide bonds. The van der Waals surface area contributed by atoms with E-state index in [0.29, 0.717) is 23.0 Å². The van der Waals surface area contributed by atoms with Gasteiger partial charge in [0.05, 0.1) is 23.1 Å². The lowest BCUT2D eigenvalue weighted by molar-refractivity contribution is 0.0947. The Morgan fingerprint density at radius 2 is 1.96 bits per heavy atom. The number of hydrogen-bond acceptors (Lipinski definition) is 3. The molecule has 6 heteroatoms. The minimum absolute atomic E-state index is 0.0797. The molecular formula is C22H23ClN4O. The summed E-state index contributed by atoms with van der Waals surface area (Å²) in [5.74, 6) is 0.372. The summed E-state index contributed by atoms with van der Waals surface area (Å²) in [5, 5.41) is 8.09. The second-order valence-electron chi connectivity index (χ2n) is 7.18. The molecule has 5 nitrogen and oxygen atoms in total. The first kappa shape index (κ1) is 18.6. The molecule has 0 spiro atoms. The molecule has 0 aliphatic carbocycles. The third-order valence-electron chi connectivity index (χ3n) is 5.27. The number of para-hydroxylation sites is 1. The van der Waals surface area contributed by atoms with Gasteiger partial charge in [-0.2, -0.15) is 5.10 Å². The van der Waals surface area contributed by atoms with E-state index in [4.69, 9.17) is 11.6 Å². The van der Waals surface area contributed by atoms with E-state index >= 15 is 0 Å². The van der Waals surface area contributed by atoms with Gasteiger partial charge in [-0.05, 0) is 49.6 Å². The Balaban J connectivity index is 1.37. The Morgan fingerprint density at radius 1 is 1.18 bits per heavy atom. The highest BCUT2D eigenvalue weighted by molar-refractivity contribution is 6.30. The van der Waals surface area contributed by atoms with Crippen LogP contribution in [-0.2, 0) is 0 Å². The van der Waals surface area contributed by atoms with Gasteiger partial charge in [-0.25, -0.2) is 4.68 Å². The summed E-state index contributed by atoms with van der Waals surface area (Å²) in [4.78, 5) is 15.1. The Morgan fingerprint density at radius 3 is 2.75 bits per heavy atom. The average Bonchev–Trinajstić information content (AvgIpc) is 3.34. The van der Waals surface area contributed by atoms with Crippen LogP contribution >= 0.6 is 11.6 Å². The van der Waals surface area contributed by atoms with Crippen molar-refractivity contribution >= 4 is 23.2 Å². The first-order valence-electron chi connectivity index (χ1n) is 9.50.